The lowest BCUT2D eigenvalue weighted by Gasteiger charge is -2.10. The molecule has 4 aromatic rings. The molecular weight excluding hydrogens is 489 g/mol. The highest BCUT2D eigenvalue weighted by atomic mass is 32.2. The summed E-state index contributed by atoms with van der Waals surface area (Å²) in [6.07, 6.45) is 2.39. The number of aryl methyl sites for hydroxylation is 2. The molecule has 0 saturated heterocycles. The Hall–Kier alpha value is -3.24. The number of carbonyl (C=O) groups excluding carboxylic acids is 1. The van der Waals surface area contributed by atoms with Crippen LogP contribution in [0.2, 0.25) is 0 Å². The minimum atomic E-state index is -3.97. The van der Waals surface area contributed by atoms with Crippen molar-refractivity contribution in [2.75, 3.05) is 13.2 Å². The summed E-state index contributed by atoms with van der Waals surface area (Å²) in [7, 11) is -3.97. The predicted molar refractivity (Wildman–Crippen MR) is 134 cm³/mol. The Labute approximate surface area is 207 Å². The second kappa shape index (κ2) is 10.2. The molecule has 7 nitrogen and oxygen atoms in total. The molecule has 0 aliphatic heterocycles. The van der Waals surface area contributed by atoms with Crippen LogP contribution in [0.25, 0.3) is 10.9 Å². The SMILES string of the molecule is CC(=O)NCCc1cn(S(=O)(=O)c2ccc(C)cc2)c2cc(F)c(OCCc3csc(C)n3)cc12. The van der Waals surface area contributed by atoms with Gasteiger partial charge in [-0.15, -0.1) is 11.3 Å². The fraction of sp³-hybridized carbons (Fsp3) is 0.280. The molecular formula is C25H26FN3O4S2. The van der Waals surface area contributed by atoms with Gasteiger partial charge in [0, 0.05) is 42.9 Å². The van der Waals surface area contributed by atoms with Crippen LogP contribution in [-0.4, -0.2) is 36.4 Å². The summed E-state index contributed by atoms with van der Waals surface area (Å²) in [5.41, 5.74) is 2.67. The molecule has 0 radical (unpaired) electrons. The van der Waals surface area contributed by atoms with Crippen molar-refractivity contribution < 1.29 is 22.3 Å². The first-order valence-electron chi connectivity index (χ1n) is 11.1. The molecule has 2 heterocycles. The van der Waals surface area contributed by atoms with E-state index < -0.39 is 15.8 Å². The van der Waals surface area contributed by atoms with Crippen molar-refractivity contribution >= 4 is 38.2 Å². The lowest BCUT2D eigenvalue weighted by molar-refractivity contribution is -0.118. The molecule has 35 heavy (non-hydrogen) atoms. The number of nitrogens with zero attached hydrogens (tertiary/aromatic N) is 2. The first kappa shape index (κ1) is 24.9. The number of aromatic nitrogens is 2. The first-order chi connectivity index (χ1) is 16.6. The number of thiazole rings is 1. The smallest absolute Gasteiger partial charge is 0.268 e. The van der Waals surface area contributed by atoms with Gasteiger partial charge in [-0.25, -0.2) is 21.8 Å². The summed E-state index contributed by atoms with van der Waals surface area (Å²) in [6, 6.07) is 9.20. The van der Waals surface area contributed by atoms with Crippen molar-refractivity contribution in [2.45, 2.75) is 38.5 Å². The molecule has 0 fully saturated rings. The van der Waals surface area contributed by atoms with Gasteiger partial charge in [0.15, 0.2) is 11.6 Å². The average Bonchev–Trinajstić information content (AvgIpc) is 3.37. The zero-order valence-corrected chi connectivity index (χ0v) is 21.3. The number of benzene rings is 2. The second-order valence-corrected chi connectivity index (χ2v) is 11.1. The van der Waals surface area contributed by atoms with E-state index >= 15 is 4.39 Å². The van der Waals surface area contributed by atoms with Crippen molar-refractivity contribution in [2.24, 2.45) is 0 Å². The third-order valence-electron chi connectivity index (χ3n) is 5.54. The van der Waals surface area contributed by atoms with E-state index in [0.29, 0.717) is 30.3 Å². The Morgan fingerprint density at radius 3 is 2.57 bits per heavy atom. The summed E-state index contributed by atoms with van der Waals surface area (Å²) in [6.45, 7) is 5.75. The Morgan fingerprint density at radius 1 is 1.17 bits per heavy atom. The zero-order chi connectivity index (χ0) is 25.2. The average molecular weight is 516 g/mol. The maximum atomic E-state index is 15.0. The van der Waals surface area contributed by atoms with Crippen LogP contribution in [0.15, 0.2) is 52.9 Å². The number of amides is 1. The quantitative estimate of drug-likeness (QED) is 0.357. The Balaban J connectivity index is 1.71. The molecule has 2 aromatic heterocycles. The van der Waals surface area contributed by atoms with Crippen LogP contribution in [0.1, 0.15) is 28.8 Å². The summed E-state index contributed by atoms with van der Waals surface area (Å²) >= 11 is 1.54. The molecule has 4 rings (SSSR count). The van der Waals surface area contributed by atoms with Gasteiger partial charge in [-0.3, -0.25) is 4.79 Å². The monoisotopic (exact) mass is 515 g/mol. The number of carbonyl (C=O) groups is 1. The van der Waals surface area contributed by atoms with Crippen molar-refractivity contribution in [3.8, 4) is 5.75 Å². The van der Waals surface area contributed by atoms with Gasteiger partial charge < -0.3 is 10.1 Å². The van der Waals surface area contributed by atoms with Gasteiger partial charge in [0.05, 0.1) is 27.7 Å². The van der Waals surface area contributed by atoms with Gasteiger partial charge in [0.2, 0.25) is 5.91 Å². The Kier molecular flexibility index (Phi) is 7.23. The third-order valence-corrected chi connectivity index (χ3v) is 8.05. The van der Waals surface area contributed by atoms with Gasteiger partial charge in [0.25, 0.3) is 10.0 Å². The molecule has 0 saturated carbocycles. The summed E-state index contributed by atoms with van der Waals surface area (Å²) < 4.78 is 48.7. The highest BCUT2D eigenvalue weighted by molar-refractivity contribution is 7.90. The van der Waals surface area contributed by atoms with Crippen molar-refractivity contribution in [1.82, 2.24) is 14.3 Å². The fourth-order valence-electron chi connectivity index (χ4n) is 3.76. The summed E-state index contributed by atoms with van der Waals surface area (Å²) in [4.78, 5) is 15.8. The van der Waals surface area contributed by atoms with Crippen LogP contribution in [0.5, 0.6) is 5.75 Å². The highest BCUT2D eigenvalue weighted by Crippen LogP contribution is 2.32. The normalized spacial score (nSPS) is 11.7. The molecule has 2 aromatic carbocycles. The molecule has 10 heteroatoms. The molecule has 1 N–H and O–H groups in total. The number of hydrogen-bond donors (Lipinski definition) is 1. The molecule has 184 valence electrons. The van der Waals surface area contributed by atoms with E-state index in [1.165, 1.54) is 37.4 Å². The van der Waals surface area contributed by atoms with E-state index in [-0.39, 0.29) is 28.7 Å². The molecule has 0 spiro atoms. The predicted octanol–water partition coefficient (Wildman–Crippen LogP) is 4.39. The number of nitrogens with one attached hydrogen (secondary N) is 1. The van der Waals surface area contributed by atoms with Crippen molar-refractivity contribution in [3.63, 3.8) is 0 Å². The van der Waals surface area contributed by atoms with Gasteiger partial charge in [-0.1, -0.05) is 17.7 Å². The van der Waals surface area contributed by atoms with Crippen molar-refractivity contribution in [3.05, 3.63) is 75.6 Å². The topological polar surface area (TPSA) is 90.3 Å². The lowest BCUT2D eigenvalue weighted by Crippen LogP contribution is -2.22. The second-order valence-electron chi connectivity index (χ2n) is 8.26. The van der Waals surface area contributed by atoms with Crippen LogP contribution >= 0.6 is 11.3 Å². The fourth-order valence-corrected chi connectivity index (χ4v) is 5.79. The molecule has 0 aliphatic carbocycles. The van der Waals surface area contributed by atoms with Crippen LogP contribution in [-0.2, 0) is 27.7 Å². The summed E-state index contributed by atoms with van der Waals surface area (Å²) in [5.74, 6) is -0.803. The van der Waals surface area contributed by atoms with Gasteiger partial charge in [0.1, 0.15) is 0 Å². The number of ether oxygens (including phenoxy) is 1. The van der Waals surface area contributed by atoms with Gasteiger partial charge in [-0.2, -0.15) is 0 Å². The van der Waals surface area contributed by atoms with Crippen LogP contribution in [0, 0.1) is 19.7 Å². The van der Waals surface area contributed by atoms with Gasteiger partial charge in [-0.05, 0) is 44.0 Å². The highest BCUT2D eigenvalue weighted by Gasteiger charge is 2.23. The zero-order valence-electron chi connectivity index (χ0n) is 19.7. The standard InChI is InChI=1S/C25H26FN3O4S2/c1-16-4-6-21(7-5-16)35(31,32)29-14-19(8-10-27-17(2)30)22-12-25(23(26)13-24(22)29)33-11-9-20-15-34-18(3)28-20/h4-7,12-15H,8-11H2,1-3H3,(H,27,30). The van der Waals surface area contributed by atoms with Crippen LogP contribution < -0.4 is 10.1 Å². The van der Waals surface area contributed by atoms with Gasteiger partial charge >= 0.3 is 0 Å². The molecule has 0 bridgehead atoms. The maximum absolute atomic E-state index is 15.0. The summed E-state index contributed by atoms with van der Waals surface area (Å²) in [5, 5.41) is 6.15. The molecule has 0 aliphatic rings. The van der Waals surface area contributed by atoms with E-state index in [2.05, 4.69) is 10.3 Å². The molecule has 0 unspecified atom stereocenters. The molecule has 1 amide bonds. The minimum Gasteiger partial charge on any atom is -0.490 e. The Morgan fingerprint density at radius 2 is 1.91 bits per heavy atom. The van der Waals surface area contributed by atoms with E-state index in [1.807, 2.05) is 19.2 Å². The van der Waals surface area contributed by atoms with E-state index in [0.717, 1.165) is 20.2 Å². The van der Waals surface area contributed by atoms with E-state index in [4.69, 9.17) is 4.74 Å². The number of fused-ring (bicyclic) bond motifs is 1. The number of halogens is 1. The Bertz CT molecular complexity index is 1470. The first-order valence-corrected chi connectivity index (χ1v) is 13.4. The van der Waals surface area contributed by atoms with E-state index in [9.17, 15) is 13.2 Å². The van der Waals surface area contributed by atoms with Crippen molar-refractivity contribution in [1.29, 1.82) is 0 Å². The third kappa shape index (κ3) is 5.54. The minimum absolute atomic E-state index is 0.0377. The van der Waals surface area contributed by atoms with Crippen LogP contribution in [0.4, 0.5) is 4.39 Å². The maximum Gasteiger partial charge on any atom is 0.268 e. The van der Waals surface area contributed by atoms with E-state index in [1.54, 1.807) is 23.5 Å². The number of hydrogen-bond acceptors (Lipinski definition) is 6. The van der Waals surface area contributed by atoms with Crippen LogP contribution in [0.3, 0.4) is 0 Å². The molecule has 0 atom stereocenters. The largest absolute Gasteiger partial charge is 0.490 e. The number of rotatable bonds is 9. The lowest BCUT2D eigenvalue weighted by atomic mass is 10.1.